The maximum absolute atomic E-state index is 13.0. The number of phenolic OH excluding ortho intramolecular Hbond substituents is 3. The van der Waals surface area contributed by atoms with Crippen LogP contribution in [0.25, 0.3) is 22.3 Å². The Bertz CT molecular complexity index is 1480. The van der Waals surface area contributed by atoms with Gasteiger partial charge in [0.2, 0.25) is 5.75 Å². The molecule has 1 atom stereocenters. The maximum Gasteiger partial charge on any atom is 0.306 e. The molecule has 0 amide bonds. The number of aromatic hydroxyl groups is 3. The number of carbonyl (C=O) groups excluding carboxylic acids is 1. The Hall–Kier alpha value is -4.17. The standard InChI is InChI=1S/C26H21ClO8/c1-33-18-9-8-14(10-16(18)27)15(11-20(29)34-2)21-23(30)25(32)24(31)22-17(28)12-19(35-26(21)22)13-6-4-3-5-7-13/h3-10,12,15,30-32H,11H2,1-2H3. The minimum absolute atomic E-state index is 0.0863. The number of ether oxygens (including phenoxy) is 2. The van der Waals surface area contributed by atoms with E-state index >= 15 is 0 Å². The lowest BCUT2D eigenvalue weighted by molar-refractivity contribution is -0.140. The first-order valence-electron chi connectivity index (χ1n) is 10.5. The molecule has 1 unspecified atom stereocenters. The Labute approximate surface area is 204 Å². The number of rotatable bonds is 6. The number of phenols is 3. The van der Waals surface area contributed by atoms with Crippen molar-refractivity contribution in [1.82, 2.24) is 0 Å². The average molecular weight is 497 g/mol. The Kier molecular flexibility index (Phi) is 6.57. The van der Waals surface area contributed by atoms with Gasteiger partial charge in [-0.25, -0.2) is 0 Å². The molecular formula is C26H21ClO8. The summed E-state index contributed by atoms with van der Waals surface area (Å²) in [5, 5.41) is 31.8. The number of carbonyl (C=O) groups is 1. The highest BCUT2D eigenvalue weighted by atomic mass is 35.5. The number of benzene rings is 3. The summed E-state index contributed by atoms with van der Waals surface area (Å²) in [5.41, 5.74) is 0.0858. The molecule has 0 saturated carbocycles. The first-order chi connectivity index (χ1) is 16.8. The van der Waals surface area contributed by atoms with Crippen LogP contribution in [0, 0.1) is 0 Å². The number of methoxy groups -OCH3 is 2. The maximum atomic E-state index is 13.0. The molecule has 0 fully saturated rings. The first kappa shape index (κ1) is 24.0. The van der Waals surface area contributed by atoms with Gasteiger partial charge in [0.1, 0.15) is 22.5 Å². The predicted molar refractivity (Wildman–Crippen MR) is 129 cm³/mol. The molecule has 180 valence electrons. The summed E-state index contributed by atoms with van der Waals surface area (Å²) in [4.78, 5) is 25.4. The summed E-state index contributed by atoms with van der Waals surface area (Å²) >= 11 is 6.31. The van der Waals surface area contributed by atoms with Crippen LogP contribution in [0.5, 0.6) is 23.0 Å². The second-order valence-electron chi connectivity index (χ2n) is 7.73. The van der Waals surface area contributed by atoms with Gasteiger partial charge in [-0.3, -0.25) is 9.59 Å². The van der Waals surface area contributed by atoms with E-state index in [1.165, 1.54) is 26.4 Å². The highest BCUT2D eigenvalue weighted by Crippen LogP contribution is 2.49. The molecule has 0 aliphatic heterocycles. The second-order valence-corrected chi connectivity index (χ2v) is 8.14. The fourth-order valence-electron chi connectivity index (χ4n) is 3.98. The fraction of sp³-hybridized carbons (Fsp3) is 0.154. The van der Waals surface area contributed by atoms with Crippen LogP contribution in [0.15, 0.2) is 63.8 Å². The van der Waals surface area contributed by atoms with Crippen LogP contribution in [0.3, 0.4) is 0 Å². The van der Waals surface area contributed by atoms with Crippen molar-refractivity contribution in [1.29, 1.82) is 0 Å². The summed E-state index contributed by atoms with van der Waals surface area (Å²) < 4.78 is 16.1. The minimum atomic E-state index is -0.978. The van der Waals surface area contributed by atoms with Crippen LogP contribution in [0.4, 0.5) is 0 Å². The number of halogens is 1. The molecule has 0 aliphatic carbocycles. The molecule has 4 aromatic rings. The SMILES string of the molecule is COC(=O)CC(c1ccc(OC)c(Cl)c1)c1c(O)c(O)c(O)c2c(=O)cc(-c3ccccc3)oc12. The van der Waals surface area contributed by atoms with Crippen molar-refractivity contribution >= 4 is 28.5 Å². The fourth-order valence-corrected chi connectivity index (χ4v) is 4.24. The smallest absolute Gasteiger partial charge is 0.306 e. The Balaban J connectivity index is 2.08. The van der Waals surface area contributed by atoms with Crippen LogP contribution < -0.4 is 10.2 Å². The lowest BCUT2D eigenvalue weighted by Gasteiger charge is -2.21. The Morgan fingerprint density at radius 3 is 2.34 bits per heavy atom. The van der Waals surface area contributed by atoms with Gasteiger partial charge in [-0.05, 0) is 17.7 Å². The zero-order valence-corrected chi connectivity index (χ0v) is 19.5. The predicted octanol–water partition coefficient (Wildman–Crippen LogP) is 4.93. The largest absolute Gasteiger partial charge is 0.504 e. The third-order valence-electron chi connectivity index (χ3n) is 5.72. The van der Waals surface area contributed by atoms with Crippen LogP contribution >= 0.6 is 11.6 Å². The van der Waals surface area contributed by atoms with Crippen molar-refractivity contribution in [2.75, 3.05) is 14.2 Å². The van der Waals surface area contributed by atoms with Crippen LogP contribution in [-0.2, 0) is 9.53 Å². The van der Waals surface area contributed by atoms with Gasteiger partial charge in [-0.15, -0.1) is 0 Å². The number of hydrogen-bond donors (Lipinski definition) is 3. The van der Waals surface area contributed by atoms with E-state index in [4.69, 9.17) is 25.5 Å². The van der Waals surface area contributed by atoms with Crippen LogP contribution in [-0.4, -0.2) is 35.5 Å². The molecule has 3 N–H and O–H groups in total. The molecule has 35 heavy (non-hydrogen) atoms. The first-order valence-corrected chi connectivity index (χ1v) is 10.8. The second kappa shape index (κ2) is 9.60. The lowest BCUT2D eigenvalue weighted by atomic mass is 9.86. The van der Waals surface area contributed by atoms with E-state index in [1.54, 1.807) is 42.5 Å². The third kappa shape index (κ3) is 4.36. The Morgan fingerprint density at radius 1 is 1.00 bits per heavy atom. The van der Waals surface area contributed by atoms with E-state index in [9.17, 15) is 24.9 Å². The van der Waals surface area contributed by atoms with Crippen molar-refractivity contribution in [3.8, 4) is 34.3 Å². The van der Waals surface area contributed by atoms with Crippen LogP contribution in [0.1, 0.15) is 23.5 Å². The summed E-state index contributed by atoms with van der Waals surface area (Å²) in [7, 11) is 2.66. The van der Waals surface area contributed by atoms with Gasteiger partial charge in [0.15, 0.2) is 16.9 Å². The van der Waals surface area contributed by atoms with Crippen molar-refractivity contribution in [2.24, 2.45) is 0 Å². The molecule has 0 spiro atoms. The van der Waals surface area contributed by atoms with Gasteiger partial charge in [-0.1, -0.05) is 48.0 Å². The molecule has 8 nitrogen and oxygen atoms in total. The molecule has 0 radical (unpaired) electrons. The van der Waals surface area contributed by atoms with Gasteiger partial charge in [0.25, 0.3) is 0 Å². The monoisotopic (exact) mass is 496 g/mol. The quantitative estimate of drug-likeness (QED) is 0.253. The van der Waals surface area contributed by atoms with E-state index in [1.807, 2.05) is 0 Å². The molecule has 0 saturated heterocycles. The molecule has 1 heterocycles. The highest BCUT2D eigenvalue weighted by molar-refractivity contribution is 6.32. The number of fused-ring (bicyclic) bond motifs is 1. The highest BCUT2D eigenvalue weighted by Gasteiger charge is 2.31. The molecule has 0 aliphatic rings. The summed E-state index contributed by atoms with van der Waals surface area (Å²) in [5.74, 6) is -3.56. The average Bonchev–Trinajstić information content (AvgIpc) is 2.86. The molecule has 0 bridgehead atoms. The van der Waals surface area contributed by atoms with Crippen molar-refractivity contribution in [2.45, 2.75) is 12.3 Å². The molecule has 4 rings (SSSR count). The van der Waals surface area contributed by atoms with E-state index in [0.717, 1.165) is 0 Å². The third-order valence-corrected chi connectivity index (χ3v) is 6.01. The Morgan fingerprint density at radius 2 is 1.71 bits per heavy atom. The van der Waals surface area contributed by atoms with Crippen molar-refractivity contribution < 1.29 is 34.0 Å². The van der Waals surface area contributed by atoms with Gasteiger partial charge in [0.05, 0.1) is 25.7 Å². The van der Waals surface area contributed by atoms with Gasteiger partial charge in [-0.2, -0.15) is 0 Å². The molecule has 3 aromatic carbocycles. The summed E-state index contributed by atoms with van der Waals surface area (Å²) in [6, 6.07) is 14.7. The molecular weight excluding hydrogens is 476 g/mol. The minimum Gasteiger partial charge on any atom is -0.504 e. The normalized spacial score (nSPS) is 11.9. The van der Waals surface area contributed by atoms with E-state index in [2.05, 4.69) is 0 Å². The topological polar surface area (TPSA) is 126 Å². The van der Waals surface area contributed by atoms with Gasteiger partial charge in [0, 0.05) is 23.1 Å². The van der Waals surface area contributed by atoms with E-state index in [-0.39, 0.29) is 33.7 Å². The van der Waals surface area contributed by atoms with Gasteiger partial charge >= 0.3 is 5.97 Å². The van der Waals surface area contributed by atoms with Crippen LogP contribution in [0.2, 0.25) is 5.02 Å². The van der Waals surface area contributed by atoms with Crippen molar-refractivity contribution in [3.05, 3.63) is 81.0 Å². The zero-order valence-electron chi connectivity index (χ0n) is 18.7. The lowest BCUT2D eigenvalue weighted by Crippen LogP contribution is -2.12. The summed E-state index contributed by atoms with van der Waals surface area (Å²) in [6.45, 7) is 0. The number of hydrogen-bond acceptors (Lipinski definition) is 8. The number of esters is 1. The van der Waals surface area contributed by atoms with E-state index < -0.39 is 34.6 Å². The van der Waals surface area contributed by atoms with E-state index in [0.29, 0.717) is 16.9 Å². The molecule has 9 heteroatoms. The van der Waals surface area contributed by atoms with Gasteiger partial charge < -0.3 is 29.2 Å². The zero-order chi connectivity index (χ0) is 25.3. The molecule has 1 aromatic heterocycles. The summed E-state index contributed by atoms with van der Waals surface area (Å²) in [6.07, 6.45) is -0.300. The van der Waals surface area contributed by atoms with Crippen molar-refractivity contribution in [3.63, 3.8) is 0 Å².